The van der Waals surface area contributed by atoms with E-state index in [2.05, 4.69) is 71.4 Å². The molecule has 0 amide bonds. The van der Waals surface area contributed by atoms with Gasteiger partial charge in [0.15, 0.2) is 0 Å². The number of rotatable bonds is 2. The molecule has 2 aliphatic rings. The van der Waals surface area contributed by atoms with Gasteiger partial charge in [0.2, 0.25) is 0 Å². The maximum atomic E-state index is 6.95. The first-order chi connectivity index (χ1) is 22.8. The van der Waals surface area contributed by atoms with Crippen molar-refractivity contribution in [2.24, 2.45) is 0 Å². The van der Waals surface area contributed by atoms with Crippen molar-refractivity contribution in [1.29, 1.82) is 0 Å². The van der Waals surface area contributed by atoms with Gasteiger partial charge in [0.25, 0.3) is 0 Å². The van der Waals surface area contributed by atoms with Gasteiger partial charge in [0.05, 0.1) is 0 Å². The number of hydrogen-bond donors (Lipinski definition) is 0. The molecule has 220 valence electrons. The molecule has 10 aromatic rings. The van der Waals surface area contributed by atoms with Crippen LogP contribution < -0.4 is 0 Å². The van der Waals surface area contributed by atoms with Gasteiger partial charge in [-0.1, -0.05) is 12.1 Å². The van der Waals surface area contributed by atoms with Crippen molar-refractivity contribution in [3.8, 4) is 20.9 Å². The minimum atomic E-state index is 1.02. The highest BCUT2D eigenvalue weighted by molar-refractivity contribution is 7.29. The number of fused-ring (bicyclic) bond motifs is 12. The van der Waals surface area contributed by atoms with Gasteiger partial charge in [-0.3, -0.25) is 0 Å². The SMILES string of the molecule is c1cc2sc(-c3ccc4c(c3)oc3c5c6c(c7c(oc8cc(-c9cc%10sccc%10s9)ccc87)c7c6c(c34)CCC7)CCC5)cc2s1. The predicted octanol–water partition coefficient (Wildman–Crippen LogP) is 13.5. The molecule has 6 heterocycles. The van der Waals surface area contributed by atoms with Gasteiger partial charge in [0.1, 0.15) is 22.3 Å². The van der Waals surface area contributed by atoms with Gasteiger partial charge in [-0.2, -0.15) is 0 Å². The molecule has 0 bridgehead atoms. The molecule has 6 heteroatoms. The smallest absolute Gasteiger partial charge is 0.139 e. The highest BCUT2D eigenvalue weighted by atomic mass is 32.1. The second-order valence-electron chi connectivity index (χ2n) is 12.9. The van der Waals surface area contributed by atoms with Crippen LogP contribution in [-0.2, 0) is 25.7 Å². The zero-order chi connectivity index (χ0) is 29.7. The molecule has 0 N–H and O–H groups in total. The van der Waals surface area contributed by atoms with E-state index in [1.54, 1.807) is 0 Å². The van der Waals surface area contributed by atoms with E-state index in [4.69, 9.17) is 8.83 Å². The maximum Gasteiger partial charge on any atom is 0.139 e. The first kappa shape index (κ1) is 25.2. The number of benzene rings is 4. The van der Waals surface area contributed by atoms with E-state index in [1.807, 2.05) is 45.3 Å². The molecular formula is C40H24O2S4. The van der Waals surface area contributed by atoms with Crippen molar-refractivity contribution >= 4 is 119 Å². The number of aryl methyl sites for hydroxylation is 4. The quantitative estimate of drug-likeness (QED) is 0.184. The van der Waals surface area contributed by atoms with Gasteiger partial charge in [-0.25, -0.2) is 0 Å². The van der Waals surface area contributed by atoms with Gasteiger partial charge >= 0.3 is 0 Å². The average molecular weight is 665 g/mol. The third-order valence-electron chi connectivity index (χ3n) is 10.5. The lowest BCUT2D eigenvalue weighted by atomic mass is 9.77. The lowest BCUT2D eigenvalue weighted by Gasteiger charge is -2.26. The zero-order valence-corrected chi connectivity index (χ0v) is 27.9. The van der Waals surface area contributed by atoms with E-state index in [-0.39, 0.29) is 0 Å². The van der Waals surface area contributed by atoms with Crippen molar-refractivity contribution in [2.75, 3.05) is 0 Å². The summed E-state index contributed by atoms with van der Waals surface area (Å²) < 4.78 is 19.4. The molecular weight excluding hydrogens is 641 g/mol. The zero-order valence-electron chi connectivity index (χ0n) is 24.6. The Morgan fingerprint density at radius 3 is 1.41 bits per heavy atom. The number of furan rings is 2. The molecule has 6 aromatic heterocycles. The Morgan fingerprint density at radius 2 is 0.935 bits per heavy atom. The van der Waals surface area contributed by atoms with Crippen LogP contribution in [0, 0.1) is 0 Å². The molecule has 2 aliphatic carbocycles. The van der Waals surface area contributed by atoms with E-state index in [1.165, 1.54) is 94.3 Å². The summed E-state index contributed by atoms with van der Waals surface area (Å²) in [5.41, 5.74) is 12.6. The lowest BCUT2D eigenvalue weighted by molar-refractivity contribution is 0.653. The van der Waals surface area contributed by atoms with Crippen LogP contribution in [-0.4, -0.2) is 0 Å². The van der Waals surface area contributed by atoms with E-state index >= 15 is 0 Å². The summed E-state index contributed by atoms with van der Waals surface area (Å²) in [5.74, 6) is 0. The van der Waals surface area contributed by atoms with Gasteiger partial charge < -0.3 is 8.83 Å². The van der Waals surface area contributed by atoms with Crippen LogP contribution >= 0.6 is 45.3 Å². The summed E-state index contributed by atoms with van der Waals surface area (Å²) in [4.78, 5) is 2.63. The number of hydrogen-bond acceptors (Lipinski definition) is 6. The van der Waals surface area contributed by atoms with Crippen molar-refractivity contribution in [1.82, 2.24) is 0 Å². The maximum absolute atomic E-state index is 6.95. The first-order valence-electron chi connectivity index (χ1n) is 16.1. The van der Waals surface area contributed by atoms with Gasteiger partial charge in [-0.05, 0) is 131 Å². The topological polar surface area (TPSA) is 26.3 Å². The summed E-state index contributed by atoms with van der Waals surface area (Å²) in [6.45, 7) is 0. The van der Waals surface area contributed by atoms with Crippen LogP contribution in [0.5, 0.6) is 0 Å². The molecule has 0 unspecified atom stereocenters. The van der Waals surface area contributed by atoms with Gasteiger partial charge in [-0.15, -0.1) is 45.3 Å². The molecule has 0 saturated carbocycles. The lowest BCUT2D eigenvalue weighted by Crippen LogP contribution is -2.10. The van der Waals surface area contributed by atoms with Gasteiger partial charge in [0, 0.05) is 61.2 Å². The summed E-state index contributed by atoms with van der Waals surface area (Å²) in [5, 5.41) is 12.5. The Morgan fingerprint density at radius 1 is 0.457 bits per heavy atom. The Balaban J connectivity index is 1.14. The fourth-order valence-corrected chi connectivity index (χ4v) is 12.9. The standard InChI is InChI=1S/C40H24O2S4/c1-3-23-35-25(5-1)39-38(22-10-8-20(16-28(22)41-39)32-18-34-30(46-32)12-14-44-34)24-4-2-6-26(36(24)35)40-37(23)21-9-7-19(15-27(21)42-40)31-17-33-29(45-31)11-13-43-33/h7-18H,1-6H2. The van der Waals surface area contributed by atoms with Crippen LogP contribution in [0.2, 0.25) is 0 Å². The van der Waals surface area contributed by atoms with Crippen LogP contribution in [0.1, 0.15) is 35.1 Å². The second kappa shape index (κ2) is 8.90. The number of thiophene rings is 4. The molecule has 2 nitrogen and oxygen atoms in total. The third kappa shape index (κ3) is 3.21. The van der Waals surface area contributed by atoms with E-state index in [9.17, 15) is 0 Å². The van der Waals surface area contributed by atoms with Crippen molar-refractivity contribution in [3.63, 3.8) is 0 Å². The summed E-state index contributed by atoms with van der Waals surface area (Å²) >= 11 is 7.39. The highest BCUT2D eigenvalue weighted by Crippen LogP contribution is 2.51. The largest absolute Gasteiger partial charge is 0.456 e. The Bertz CT molecular complexity index is 2670. The van der Waals surface area contributed by atoms with Crippen molar-refractivity contribution < 1.29 is 8.83 Å². The molecule has 12 rings (SSSR count). The fourth-order valence-electron chi connectivity index (χ4n) is 8.65. The molecule has 0 fully saturated rings. The molecule has 0 saturated heterocycles. The molecule has 0 aliphatic heterocycles. The predicted molar refractivity (Wildman–Crippen MR) is 200 cm³/mol. The minimum absolute atomic E-state index is 1.02. The highest BCUT2D eigenvalue weighted by Gasteiger charge is 2.31. The van der Waals surface area contributed by atoms with Crippen LogP contribution in [0.15, 0.2) is 80.3 Å². The normalized spacial score (nSPS) is 14.9. The summed E-state index contributed by atoms with van der Waals surface area (Å²) in [6, 6.07) is 23.0. The molecule has 0 spiro atoms. The Labute approximate surface area is 279 Å². The fraction of sp³-hybridized carbons (Fsp3) is 0.150. The Hall–Kier alpha value is -3.94. The van der Waals surface area contributed by atoms with E-state index < -0.39 is 0 Å². The molecule has 0 atom stereocenters. The monoisotopic (exact) mass is 664 g/mol. The minimum Gasteiger partial charge on any atom is -0.456 e. The van der Waals surface area contributed by atoms with Crippen LogP contribution in [0.4, 0.5) is 0 Å². The van der Waals surface area contributed by atoms with Crippen LogP contribution in [0.3, 0.4) is 0 Å². The summed E-state index contributed by atoms with van der Waals surface area (Å²) in [6.07, 6.45) is 6.57. The third-order valence-corrected chi connectivity index (χ3v) is 14.8. The Kier molecular flexibility index (Phi) is 4.87. The average Bonchev–Trinajstić information content (AvgIpc) is 3.91. The summed E-state index contributed by atoms with van der Waals surface area (Å²) in [7, 11) is 0. The molecule has 4 aromatic carbocycles. The second-order valence-corrected chi connectivity index (χ2v) is 17.0. The van der Waals surface area contributed by atoms with Crippen molar-refractivity contribution in [2.45, 2.75) is 38.5 Å². The molecule has 46 heavy (non-hydrogen) atoms. The van der Waals surface area contributed by atoms with Crippen molar-refractivity contribution in [3.05, 3.63) is 93.7 Å². The van der Waals surface area contributed by atoms with E-state index in [0.29, 0.717) is 0 Å². The van der Waals surface area contributed by atoms with E-state index in [0.717, 1.165) is 60.9 Å². The first-order valence-corrected chi connectivity index (χ1v) is 19.4. The molecule has 0 radical (unpaired) electrons. The van der Waals surface area contributed by atoms with Crippen LogP contribution in [0.25, 0.3) is 94.3 Å².